The third kappa shape index (κ3) is 2.19. The first kappa shape index (κ1) is 11.0. The van der Waals surface area contributed by atoms with Crippen LogP contribution in [0.4, 0.5) is 0 Å². The Labute approximate surface area is 97.6 Å². The third-order valence-corrected chi connectivity index (χ3v) is 3.58. The number of nitrogens with two attached hydrogens (primary N) is 1. The number of aromatic amines is 1. The van der Waals surface area contributed by atoms with Gasteiger partial charge in [-0.2, -0.15) is 0 Å². The SMILES string of the molecule is CC[C@@H](Sc1nc2ccccc2[nH]1)C(N)=O. The average molecular weight is 235 g/mol. The summed E-state index contributed by atoms with van der Waals surface area (Å²) in [6.45, 7) is 1.94. The summed E-state index contributed by atoms with van der Waals surface area (Å²) in [4.78, 5) is 18.7. The molecule has 16 heavy (non-hydrogen) atoms. The lowest BCUT2D eigenvalue weighted by Gasteiger charge is -2.06. The number of fused-ring (bicyclic) bond motifs is 1. The monoisotopic (exact) mass is 235 g/mol. The third-order valence-electron chi connectivity index (χ3n) is 2.31. The average Bonchev–Trinajstić information content (AvgIpc) is 2.67. The summed E-state index contributed by atoms with van der Waals surface area (Å²) >= 11 is 1.38. The van der Waals surface area contributed by atoms with E-state index >= 15 is 0 Å². The number of aromatic nitrogens is 2. The fourth-order valence-electron chi connectivity index (χ4n) is 1.46. The molecule has 0 bridgehead atoms. The van der Waals surface area contributed by atoms with Crippen LogP contribution < -0.4 is 5.73 Å². The molecule has 0 aliphatic heterocycles. The molecule has 0 saturated carbocycles. The highest BCUT2D eigenvalue weighted by molar-refractivity contribution is 8.00. The number of rotatable bonds is 4. The van der Waals surface area contributed by atoms with Crippen LogP contribution in [0.25, 0.3) is 11.0 Å². The Morgan fingerprint density at radius 1 is 1.56 bits per heavy atom. The molecule has 0 aliphatic rings. The molecule has 2 aromatic rings. The number of H-pyrrole nitrogens is 1. The van der Waals surface area contributed by atoms with E-state index in [2.05, 4.69) is 9.97 Å². The van der Waals surface area contributed by atoms with Gasteiger partial charge in [0.05, 0.1) is 16.3 Å². The van der Waals surface area contributed by atoms with E-state index in [0.717, 1.165) is 16.2 Å². The fraction of sp³-hybridized carbons (Fsp3) is 0.273. The molecule has 0 radical (unpaired) electrons. The minimum Gasteiger partial charge on any atom is -0.369 e. The fourth-order valence-corrected chi connectivity index (χ4v) is 2.33. The van der Waals surface area contributed by atoms with Gasteiger partial charge in [0.25, 0.3) is 0 Å². The van der Waals surface area contributed by atoms with Gasteiger partial charge in [-0.05, 0) is 18.6 Å². The molecule has 0 saturated heterocycles. The number of para-hydroxylation sites is 2. The molecule has 1 atom stereocenters. The van der Waals surface area contributed by atoms with Crippen LogP contribution >= 0.6 is 11.8 Å². The van der Waals surface area contributed by atoms with Crippen molar-refractivity contribution in [2.24, 2.45) is 5.73 Å². The van der Waals surface area contributed by atoms with Crippen molar-refractivity contribution < 1.29 is 4.79 Å². The molecule has 3 N–H and O–H groups in total. The number of carbonyl (C=O) groups is 1. The Morgan fingerprint density at radius 2 is 2.31 bits per heavy atom. The topological polar surface area (TPSA) is 71.8 Å². The first-order valence-electron chi connectivity index (χ1n) is 5.11. The molecule has 0 aliphatic carbocycles. The summed E-state index contributed by atoms with van der Waals surface area (Å²) in [6, 6.07) is 7.77. The van der Waals surface area contributed by atoms with Crippen LogP contribution in [-0.2, 0) is 4.79 Å². The van der Waals surface area contributed by atoms with Gasteiger partial charge in [0.1, 0.15) is 0 Å². The summed E-state index contributed by atoms with van der Waals surface area (Å²) in [5.74, 6) is -0.298. The zero-order valence-corrected chi connectivity index (χ0v) is 9.75. The second-order valence-corrected chi connectivity index (χ2v) is 4.67. The van der Waals surface area contributed by atoms with Gasteiger partial charge in [-0.25, -0.2) is 4.98 Å². The van der Waals surface area contributed by atoms with E-state index in [0.29, 0.717) is 6.42 Å². The summed E-state index contributed by atoms with van der Waals surface area (Å²) < 4.78 is 0. The van der Waals surface area contributed by atoms with Crippen LogP contribution in [0, 0.1) is 0 Å². The minimum atomic E-state index is -0.298. The van der Waals surface area contributed by atoms with E-state index in [9.17, 15) is 4.79 Å². The zero-order valence-electron chi connectivity index (χ0n) is 8.93. The number of nitrogens with zero attached hydrogens (tertiary/aromatic N) is 1. The predicted molar refractivity (Wildman–Crippen MR) is 65.2 cm³/mol. The molecule has 2 rings (SSSR count). The molecule has 1 amide bonds. The maximum absolute atomic E-state index is 11.1. The van der Waals surface area contributed by atoms with Crippen LogP contribution in [0.1, 0.15) is 13.3 Å². The van der Waals surface area contributed by atoms with Crippen molar-refractivity contribution in [1.29, 1.82) is 0 Å². The lowest BCUT2D eigenvalue weighted by atomic mass is 10.3. The predicted octanol–water partition coefficient (Wildman–Crippen LogP) is 1.92. The number of imidazole rings is 1. The normalized spacial score (nSPS) is 12.8. The van der Waals surface area contributed by atoms with Crippen LogP contribution in [0.15, 0.2) is 29.4 Å². The van der Waals surface area contributed by atoms with Crippen molar-refractivity contribution >= 4 is 28.7 Å². The minimum absolute atomic E-state index is 0.222. The van der Waals surface area contributed by atoms with E-state index in [-0.39, 0.29) is 11.2 Å². The summed E-state index contributed by atoms with van der Waals surface area (Å²) in [7, 11) is 0. The van der Waals surface area contributed by atoms with Gasteiger partial charge in [0.15, 0.2) is 5.16 Å². The largest absolute Gasteiger partial charge is 0.369 e. The Hall–Kier alpha value is -1.49. The van der Waals surface area contributed by atoms with E-state index < -0.39 is 0 Å². The molecular formula is C11H13N3OS. The highest BCUT2D eigenvalue weighted by Crippen LogP contribution is 2.24. The molecule has 84 valence electrons. The highest BCUT2D eigenvalue weighted by atomic mass is 32.2. The summed E-state index contributed by atoms with van der Waals surface area (Å²) in [5, 5.41) is 0.521. The summed E-state index contributed by atoms with van der Waals surface area (Å²) in [5.41, 5.74) is 7.17. The van der Waals surface area contributed by atoms with Gasteiger partial charge in [-0.1, -0.05) is 30.8 Å². The number of primary amides is 1. The Kier molecular flexibility index (Phi) is 3.14. The van der Waals surface area contributed by atoms with Crippen molar-refractivity contribution in [3.63, 3.8) is 0 Å². The van der Waals surface area contributed by atoms with Gasteiger partial charge in [0.2, 0.25) is 5.91 Å². The molecule has 0 fully saturated rings. The Bertz CT molecular complexity index is 476. The van der Waals surface area contributed by atoms with Gasteiger partial charge >= 0.3 is 0 Å². The molecule has 1 aromatic heterocycles. The highest BCUT2D eigenvalue weighted by Gasteiger charge is 2.16. The first-order chi connectivity index (χ1) is 7.70. The number of thioether (sulfide) groups is 1. The van der Waals surface area contributed by atoms with E-state index in [1.54, 1.807) is 0 Å². The van der Waals surface area contributed by atoms with Gasteiger partial charge in [-0.15, -0.1) is 0 Å². The number of carbonyl (C=O) groups excluding carboxylic acids is 1. The first-order valence-corrected chi connectivity index (χ1v) is 5.99. The smallest absolute Gasteiger partial charge is 0.231 e. The quantitative estimate of drug-likeness (QED) is 0.795. The van der Waals surface area contributed by atoms with Crippen molar-refractivity contribution in [3.05, 3.63) is 24.3 Å². The standard InChI is InChI=1S/C11H13N3OS/c1-2-9(10(12)15)16-11-13-7-5-3-4-6-8(7)14-11/h3-6,9H,2H2,1H3,(H2,12,15)(H,13,14)/t9-/m1/s1. The molecular weight excluding hydrogens is 222 g/mol. The number of hydrogen-bond donors (Lipinski definition) is 2. The van der Waals surface area contributed by atoms with Gasteiger partial charge < -0.3 is 10.7 Å². The van der Waals surface area contributed by atoms with E-state index in [1.807, 2.05) is 31.2 Å². The van der Waals surface area contributed by atoms with Crippen LogP contribution in [-0.4, -0.2) is 21.1 Å². The maximum Gasteiger partial charge on any atom is 0.231 e. The number of nitrogens with one attached hydrogen (secondary N) is 1. The second kappa shape index (κ2) is 4.57. The molecule has 5 heteroatoms. The number of benzene rings is 1. The van der Waals surface area contributed by atoms with Crippen LogP contribution in [0.5, 0.6) is 0 Å². The lowest BCUT2D eigenvalue weighted by Crippen LogP contribution is -2.24. The zero-order chi connectivity index (χ0) is 11.5. The Balaban J connectivity index is 2.24. The maximum atomic E-state index is 11.1. The Morgan fingerprint density at radius 3 is 2.94 bits per heavy atom. The van der Waals surface area contributed by atoms with Crippen molar-refractivity contribution in [2.75, 3.05) is 0 Å². The molecule has 0 spiro atoms. The van der Waals surface area contributed by atoms with Gasteiger partial charge in [0, 0.05) is 0 Å². The molecule has 1 heterocycles. The van der Waals surface area contributed by atoms with E-state index in [4.69, 9.17) is 5.73 Å². The number of hydrogen-bond acceptors (Lipinski definition) is 3. The molecule has 0 unspecified atom stereocenters. The second-order valence-electron chi connectivity index (χ2n) is 3.48. The lowest BCUT2D eigenvalue weighted by molar-refractivity contribution is -0.117. The van der Waals surface area contributed by atoms with Crippen LogP contribution in [0.2, 0.25) is 0 Å². The number of amides is 1. The summed E-state index contributed by atoms with van der Waals surface area (Å²) in [6.07, 6.45) is 0.705. The van der Waals surface area contributed by atoms with Crippen molar-refractivity contribution in [1.82, 2.24) is 9.97 Å². The van der Waals surface area contributed by atoms with Crippen molar-refractivity contribution in [2.45, 2.75) is 23.8 Å². The van der Waals surface area contributed by atoms with Gasteiger partial charge in [-0.3, -0.25) is 4.79 Å². The molecule has 4 nitrogen and oxygen atoms in total. The van der Waals surface area contributed by atoms with Crippen LogP contribution in [0.3, 0.4) is 0 Å². The molecule has 1 aromatic carbocycles. The van der Waals surface area contributed by atoms with E-state index in [1.165, 1.54) is 11.8 Å². The van der Waals surface area contributed by atoms with Crippen molar-refractivity contribution in [3.8, 4) is 0 Å².